The Balaban J connectivity index is 1.74. The van der Waals surface area contributed by atoms with E-state index < -0.39 is 29.4 Å². The minimum atomic E-state index is -1.13. The molecule has 1 aromatic carbocycles. The van der Waals surface area contributed by atoms with Crippen LogP contribution in [0.1, 0.15) is 40.8 Å². The molecule has 7 heteroatoms. The summed E-state index contributed by atoms with van der Waals surface area (Å²) >= 11 is 3.44. The SMILES string of the molecule is Cc1ccc(C(=O)C2C(=O)C(=O)N(CC3CCCO3)C2c2cccc(Br)c2)o1. The van der Waals surface area contributed by atoms with Gasteiger partial charge in [-0.25, -0.2) is 0 Å². The lowest BCUT2D eigenvalue weighted by Gasteiger charge is -2.29. The lowest BCUT2D eigenvalue weighted by molar-refractivity contribution is -0.141. The van der Waals surface area contributed by atoms with Crippen molar-refractivity contribution in [2.45, 2.75) is 31.9 Å². The van der Waals surface area contributed by atoms with Crippen molar-refractivity contribution in [2.75, 3.05) is 13.2 Å². The molecule has 3 heterocycles. The van der Waals surface area contributed by atoms with Crippen LogP contribution >= 0.6 is 15.9 Å². The zero-order valence-electron chi connectivity index (χ0n) is 15.4. The molecule has 2 saturated heterocycles. The summed E-state index contributed by atoms with van der Waals surface area (Å²) in [6, 6.07) is 9.90. The number of hydrogen-bond donors (Lipinski definition) is 0. The number of carbonyl (C=O) groups excluding carboxylic acids is 3. The van der Waals surface area contributed by atoms with E-state index in [1.54, 1.807) is 19.1 Å². The van der Waals surface area contributed by atoms with Gasteiger partial charge in [-0.1, -0.05) is 28.1 Å². The van der Waals surface area contributed by atoms with Crippen LogP contribution in [0.2, 0.25) is 0 Å². The first kappa shape index (κ1) is 19.1. The molecule has 4 rings (SSSR count). The van der Waals surface area contributed by atoms with Crippen LogP contribution in [-0.2, 0) is 14.3 Å². The highest BCUT2D eigenvalue weighted by Crippen LogP contribution is 2.39. The lowest BCUT2D eigenvalue weighted by Crippen LogP contribution is -2.36. The zero-order valence-corrected chi connectivity index (χ0v) is 17.0. The maximum atomic E-state index is 13.1. The van der Waals surface area contributed by atoms with Crippen molar-refractivity contribution in [3.05, 3.63) is 58.0 Å². The summed E-state index contributed by atoms with van der Waals surface area (Å²) in [5.74, 6) is -2.25. The Kier molecular flexibility index (Phi) is 5.21. The molecule has 0 spiro atoms. The van der Waals surface area contributed by atoms with E-state index >= 15 is 0 Å². The van der Waals surface area contributed by atoms with Gasteiger partial charge in [0.25, 0.3) is 5.91 Å². The topological polar surface area (TPSA) is 76.8 Å². The Labute approximate surface area is 171 Å². The fraction of sp³-hybridized carbons (Fsp3) is 0.381. The van der Waals surface area contributed by atoms with Crippen LogP contribution in [0.4, 0.5) is 0 Å². The smallest absolute Gasteiger partial charge is 0.291 e. The molecule has 6 nitrogen and oxygen atoms in total. The van der Waals surface area contributed by atoms with Gasteiger partial charge in [0.2, 0.25) is 11.6 Å². The summed E-state index contributed by atoms with van der Waals surface area (Å²) < 4.78 is 11.9. The van der Waals surface area contributed by atoms with Crippen molar-refractivity contribution in [1.29, 1.82) is 0 Å². The Morgan fingerprint density at radius 1 is 1.25 bits per heavy atom. The highest BCUT2D eigenvalue weighted by atomic mass is 79.9. The quantitative estimate of drug-likeness (QED) is 0.399. The second-order valence-electron chi connectivity index (χ2n) is 7.21. The molecule has 0 aliphatic carbocycles. The zero-order chi connectivity index (χ0) is 19.8. The van der Waals surface area contributed by atoms with Crippen molar-refractivity contribution in [3.63, 3.8) is 0 Å². The van der Waals surface area contributed by atoms with Gasteiger partial charge in [0.1, 0.15) is 11.7 Å². The Hall–Kier alpha value is -2.25. The van der Waals surface area contributed by atoms with Crippen molar-refractivity contribution < 1.29 is 23.5 Å². The van der Waals surface area contributed by atoms with Crippen LogP contribution in [0.15, 0.2) is 45.3 Å². The predicted molar refractivity (Wildman–Crippen MR) is 104 cm³/mol. The number of benzene rings is 1. The normalized spacial score (nSPS) is 24.9. The standard InChI is InChI=1S/C21H20BrNO5/c1-12-7-8-16(28-12)19(24)17-18(13-4-2-5-14(22)10-13)23(21(26)20(17)25)11-15-6-3-9-27-15/h2,4-5,7-8,10,15,17-18H,3,6,9,11H2,1H3. The van der Waals surface area contributed by atoms with Gasteiger partial charge in [0, 0.05) is 17.6 Å². The number of ether oxygens (including phenoxy) is 1. The Bertz CT molecular complexity index is 930. The number of likely N-dealkylation sites (tertiary alicyclic amines) is 1. The molecule has 1 aromatic heterocycles. The predicted octanol–water partition coefficient (Wildman–Crippen LogP) is 3.48. The van der Waals surface area contributed by atoms with E-state index in [9.17, 15) is 14.4 Å². The molecule has 1 amide bonds. The maximum absolute atomic E-state index is 13.1. The van der Waals surface area contributed by atoms with Gasteiger partial charge < -0.3 is 14.1 Å². The molecule has 0 saturated carbocycles. The van der Waals surface area contributed by atoms with Crippen molar-refractivity contribution in [1.82, 2.24) is 4.90 Å². The van der Waals surface area contributed by atoms with E-state index in [1.807, 2.05) is 24.3 Å². The number of amides is 1. The lowest BCUT2D eigenvalue weighted by atomic mass is 9.88. The summed E-state index contributed by atoms with van der Waals surface area (Å²) in [4.78, 5) is 40.3. The van der Waals surface area contributed by atoms with Gasteiger partial charge in [0.15, 0.2) is 5.76 Å². The molecule has 0 radical (unpaired) electrons. The molecule has 2 fully saturated rings. The van der Waals surface area contributed by atoms with Crippen LogP contribution in [-0.4, -0.2) is 41.6 Å². The Morgan fingerprint density at radius 2 is 2.07 bits per heavy atom. The van der Waals surface area contributed by atoms with Gasteiger partial charge in [-0.3, -0.25) is 14.4 Å². The highest BCUT2D eigenvalue weighted by molar-refractivity contribution is 9.10. The molecule has 0 bridgehead atoms. The summed E-state index contributed by atoms with van der Waals surface area (Å²) in [5, 5.41) is 0. The number of nitrogens with zero attached hydrogens (tertiary/aromatic N) is 1. The third kappa shape index (κ3) is 3.44. The number of Topliss-reactive ketones (excluding diaryl/α,β-unsaturated/α-hetero) is 2. The van der Waals surface area contributed by atoms with Crippen LogP contribution in [0.25, 0.3) is 0 Å². The molecule has 2 aromatic rings. The average molecular weight is 446 g/mol. The summed E-state index contributed by atoms with van der Waals surface area (Å²) in [6.07, 6.45) is 1.64. The molecule has 3 unspecified atom stereocenters. The van der Waals surface area contributed by atoms with Crippen LogP contribution in [0.5, 0.6) is 0 Å². The first-order chi connectivity index (χ1) is 13.5. The van der Waals surface area contributed by atoms with Crippen LogP contribution < -0.4 is 0 Å². The van der Waals surface area contributed by atoms with Gasteiger partial charge >= 0.3 is 0 Å². The molecule has 28 heavy (non-hydrogen) atoms. The summed E-state index contributed by atoms with van der Waals surface area (Å²) in [5.41, 5.74) is 0.730. The molecule has 146 valence electrons. The molecule has 3 atom stereocenters. The number of carbonyl (C=O) groups is 3. The van der Waals surface area contributed by atoms with E-state index in [0.29, 0.717) is 18.9 Å². The summed E-state index contributed by atoms with van der Waals surface area (Å²) in [7, 11) is 0. The third-order valence-electron chi connectivity index (χ3n) is 5.29. The van der Waals surface area contributed by atoms with E-state index in [0.717, 1.165) is 22.9 Å². The van der Waals surface area contributed by atoms with Gasteiger partial charge in [-0.05, 0) is 49.6 Å². The average Bonchev–Trinajstić information content (AvgIpc) is 3.38. The molecular weight excluding hydrogens is 426 g/mol. The second-order valence-corrected chi connectivity index (χ2v) is 8.12. The largest absolute Gasteiger partial charge is 0.458 e. The van der Waals surface area contributed by atoms with E-state index in [4.69, 9.17) is 9.15 Å². The summed E-state index contributed by atoms with van der Waals surface area (Å²) in [6.45, 7) is 2.67. The minimum Gasteiger partial charge on any atom is -0.458 e. The molecule has 2 aliphatic rings. The molecule has 2 aliphatic heterocycles. The number of rotatable bonds is 5. The van der Waals surface area contributed by atoms with Crippen molar-refractivity contribution in [3.8, 4) is 0 Å². The van der Waals surface area contributed by atoms with E-state index in [1.165, 1.54) is 4.90 Å². The highest BCUT2D eigenvalue weighted by Gasteiger charge is 2.52. The number of furan rings is 1. The fourth-order valence-corrected chi connectivity index (χ4v) is 4.39. The van der Waals surface area contributed by atoms with Gasteiger partial charge in [-0.15, -0.1) is 0 Å². The number of halogens is 1. The third-order valence-corrected chi connectivity index (χ3v) is 5.78. The monoisotopic (exact) mass is 445 g/mol. The maximum Gasteiger partial charge on any atom is 0.291 e. The second kappa shape index (κ2) is 7.64. The molecule has 0 N–H and O–H groups in total. The van der Waals surface area contributed by atoms with E-state index in [-0.39, 0.29) is 11.9 Å². The first-order valence-corrected chi connectivity index (χ1v) is 10.1. The van der Waals surface area contributed by atoms with E-state index in [2.05, 4.69) is 15.9 Å². The minimum absolute atomic E-state index is 0.0996. The Morgan fingerprint density at radius 3 is 2.71 bits per heavy atom. The number of hydrogen-bond acceptors (Lipinski definition) is 5. The van der Waals surface area contributed by atoms with Crippen LogP contribution in [0.3, 0.4) is 0 Å². The van der Waals surface area contributed by atoms with Gasteiger partial charge in [-0.2, -0.15) is 0 Å². The number of ketones is 2. The van der Waals surface area contributed by atoms with Crippen molar-refractivity contribution >= 4 is 33.4 Å². The van der Waals surface area contributed by atoms with Crippen molar-refractivity contribution in [2.24, 2.45) is 5.92 Å². The fourth-order valence-electron chi connectivity index (χ4n) is 3.97. The first-order valence-electron chi connectivity index (χ1n) is 9.28. The van der Waals surface area contributed by atoms with Gasteiger partial charge in [0.05, 0.1) is 12.1 Å². The molecular formula is C21H20BrNO5. The number of aryl methyl sites for hydroxylation is 1. The van der Waals surface area contributed by atoms with Crippen LogP contribution in [0, 0.1) is 12.8 Å².